The quantitative estimate of drug-likeness (QED) is 0.348. The van der Waals surface area contributed by atoms with Gasteiger partial charge in [-0.15, -0.1) is 0 Å². The third kappa shape index (κ3) is 5.61. The number of benzene rings is 3. The minimum absolute atomic E-state index is 0.0896. The number of carbonyl (C=O) groups is 2. The van der Waals surface area contributed by atoms with E-state index in [1.54, 1.807) is 19.2 Å². The molecule has 3 N–H and O–H groups in total. The molecule has 4 aromatic rings. The van der Waals surface area contributed by atoms with Gasteiger partial charge in [-0.2, -0.15) is 0 Å². The van der Waals surface area contributed by atoms with Crippen LogP contribution in [0.25, 0.3) is 22.2 Å². The van der Waals surface area contributed by atoms with Gasteiger partial charge in [0, 0.05) is 29.6 Å². The zero-order chi connectivity index (χ0) is 23.9. The van der Waals surface area contributed by atoms with Gasteiger partial charge >= 0.3 is 0 Å². The van der Waals surface area contributed by atoms with Crippen LogP contribution in [0, 0.1) is 5.82 Å². The van der Waals surface area contributed by atoms with Crippen molar-refractivity contribution in [3.05, 3.63) is 89.7 Å². The summed E-state index contributed by atoms with van der Waals surface area (Å²) in [7, 11) is 1.60. The summed E-state index contributed by atoms with van der Waals surface area (Å²) in [5.74, 6) is -0.0237. The van der Waals surface area contributed by atoms with E-state index in [9.17, 15) is 14.0 Å². The molecular weight excluding hydrogens is 433 g/mol. The van der Waals surface area contributed by atoms with E-state index in [2.05, 4.69) is 15.6 Å². The van der Waals surface area contributed by atoms with E-state index in [1.165, 1.54) is 12.1 Å². The van der Waals surface area contributed by atoms with Gasteiger partial charge in [0.25, 0.3) is 0 Å². The van der Waals surface area contributed by atoms with Crippen molar-refractivity contribution in [3.8, 4) is 17.0 Å². The minimum Gasteiger partial charge on any atom is -0.497 e. The number of ether oxygens (including phenoxy) is 1. The first kappa shape index (κ1) is 23.0. The number of aromatic amines is 1. The standard InChI is InChI=1S/C27H26FN3O3/c1-34-21-12-6-18(7-13-21)16-29-26(33)17-30-25(32)15-14-23-22-4-2-3-5-24(22)31-27(23)19-8-10-20(28)11-9-19/h2-13,31H,14-17H2,1H3,(H,29,33)(H,30,32). The molecule has 0 atom stereocenters. The first-order valence-corrected chi connectivity index (χ1v) is 11.1. The smallest absolute Gasteiger partial charge is 0.239 e. The second-order valence-electron chi connectivity index (χ2n) is 7.93. The molecule has 174 valence electrons. The lowest BCUT2D eigenvalue weighted by molar-refractivity contribution is -0.126. The highest BCUT2D eigenvalue weighted by Gasteiger charge is 2.15. The Labute approximate surface area is 197 Å². The van der Waals surface area contributed by atoms with Gasteiger partial charge < -0.3 is 20.4 Å². The van der Waals surface area contributed by atoms with Crippen LogP contribution in [0.1, 0.15) is 17.5 Å². The molecule has 4 rings (SSSR count). The highest BCUT2D eigenvalue weighted by atomic mass is 19.1. The van der Waals surface area contributed by atoms with Gasteiger partial charge in [-0.05, 0) is 65.6 Å². The van der Waals surface area contributed by atoms with Crippen LogP contribution in [0.3, 0.4) is 0 Å². The van der Waals surface area contributed by atoms with Crippen LogP contribution in [-0.2, 0) is 22.6 Å². The van der Waals surface area contributed by atoms with E-state index in [1.807, 2.05) is 48.5 Å². The monoisotopic (exact) mass is 459 g/mol. The van der Waals surface area contributed by atoms with Gasteiger partial charge in [0.1, 0.15) is 11.6 Å². The SMILES string of the molecule is COc1ccc(CNC(=O)CNC(=O)CCc2c(-c3ccc(F)cc3)[nH]c3ccccc23)cc1. The predicted octanol–water partition coefficient (Wildman–Crippen LogP) is 4.35. The molecule has 1 heterocycles. The number of carbonyl (C=O) groups excluding carboxylic acids is 2. The first-order valence-electron chi connectivity index (χ1n) is 11.1. The summed E-state index contributed by atoms with van der Waals surface area (Å²) < 4.78 is 18.5. The van der Waals surface area contributed by atoms with E-state index < -0.39 is 0 Å². The molecule has 6 nitrogen and oxygen atoms in total. The van der Waals surface area contributed by atoms with Crippen LogP contribution in [0.15, 0.2) is 72.8 Å². The maximum atomic E-state index is 13.4. The number of aromatic nitrogens is 1. The van der Waals surface area contributed by atoms with Crippen LogP contribution < -0.4 is 15.4 Å². The number of H-pyrrole nitrogens is 1. The number of fused-ring (bicyclic) bond motifs is 1. The summed E-state index contributed by atoms with van der Waals surface area (Å²) in [4.78, 5) is 28.0. The van der Waals surface area contributed by atoms with Gasteiger partial charge in [-0.3, -0.25) is 9.59 Å². The fourth-order valence-corrected chi connectivity index (χ4v) is 3.83. The molecular formula is C27H26FN3O3. The molecule has 3 aromatic carbocycles. The first-order chi connectivity index (χ1) is 16.5. The van der Waals surface area contributed by atoms with Gasteiger partial charge in [0.05, 0.1) is 13.7 Å². The number of rotatable bonds is 9. The molecule has 0 radical (unpaired) electrons. The van der Waals surface area contributed by atoms with Crippen molar-refractivity contribution in [1.29, 1.82) is 0 Å². The Bertz CT molecular complexity index is 1280. The molecule has 34 heavy (non-hydrogen) atoms. The van der Waals surface area contributed by atoms with Crippen LogP contribution in [0.5, 0.6) is 5.75 Å². The number of halogens is 1. The Kier molecular flexibility index (Phi) is 7.22. The van der Waals surface area contributed by atoms with Crippen molar-refractivity contribution in [2.45, 2.75) is 19.4 Å². The second-order valence-corrected chi connectivity index (χ2v) is 7.93. The maximum Gasteiger partial charge on any atom is 0.239 e. The summed E-state index contributed by atoms with van der Waals surface area (Å²) in [5.41, 5.74) is 4.60. The Morgan fingerprint density at radius 2 is 1.65 bits per heavy atom. The van der Waals surface area contributed by atoms with E-state index in [-0.39, 0.29) is 30.6 Å². The maximum absolute atomic E-state index is 13.4. The van der Waals surface area contributed by atoms with E-state index in [4.69, 9.17) is 4.74 Å². The number of aryl methyl sites for hydroxylation is 1. The number of para-hydroxylation sites is 1. The molecule has 0 aliphatic heterocycles. The van der Waals surface area contributed by atoms with Crippen LogP contribution in [0.4, 0.5) is 4.39 Å². The third-order valence-electron chi connectivity index (χ3n) is 5.64. The van der Waals surface area contributed by atoms with Crippen LogP contribution in [-0.4, -0.2) is 30.5 Å². The van der Waals surface area contributed by atoms with Crippen molar-refractivity contribution in [3.63, 3.8) is 0 Å². The van der Waals surface area contributed by atoms with Crippen LogP contribution >= 0.6 is 0 Å². The minimum atomic E-state index is -0.300. The third-order valence-corrected chi connectivity index (χ3v) is 5.64. The fraction of sp³-hybridized carbons (Fsp3) is 0.185. The fourth-order valence-electron chi connectivity index (χ4n) is 3.83. The number of hydrogen-bond acceptors (Lipinski definition) is 3. The summed E-state index contributed by atoms with van der Waals surface area (Å²) in [6, 6.07) is 21.5. The Balaban J connectivity index is 1.33. The average molecular weight is 460 g/mol. The van der Waals surface area contributed by atoms with Gasteiger partial charge in [0.15, 0.2) is 0 Å². The predicted molar refractivity (Wildman–Crippen MR) is 130 cm³/mol. The van der Waals surface area contributed by atoms with Gasteiger partial charge in [-0.1, -0.05) is 30.3 Å². The number of amides is 2. The topological polar surface area (TPSA) is 83.2 Å². The molecule has 0 aliphatic rings. The van der Waals surface area contributed by atoms with Crippen molar-refractivity contribution in [1.82, 2.24) is 15.6 Å². The lowest BCUT2D eigenvalue weighted by Gasteiger charge is -2.09. The number of methoxy groups -OCH3 is 1. The molecule has 0 saturated heterocycles. The second kappa shape index (κ2) is 10.7. The van der Waals surface area contributed by atoms with E-state index in [0.717, 1.165) is 39.0 Å². The summed E-state index contributed by atoms with van der Waals surface area (Å²) >= 11 is 0. The highest BCUT2D eigenvalue weighted by Crippen LogP contribution is 2.31. The Hall–Kier alpha value is -4.13. The Morgan fingerprint density at radius 1 is 0.912 bits per heavy atom. The number of hydrogen-bond donors (Lipinski definition) is 3. The van der Waals surface area contributed by atoms with Crippen molar-refractivity contribution < 1.29 is 18.7 Å². The molecule has 7 heteroatoms. The zero-order valence-corrected chi connectivity index (χ0v) is 18.9. The summed E-state index contributed by atoms with van der Waals surface area (Å²) in [5, 5.41) is 6.49. The van der Waals surface area contributed by atoms with Gasteiger partial charge in [-0.25, -0.2) is 4.39 Å². The van der Waals surface area contributed by atoms with Crippen molar-refractivity contribution in [2.75, 3.05) is 13.7 Å². The molecule has 0 aliphatic carbocycles. The van der Waals surface area contributed by atoms with Crippen molar-refractivity contribution in [2.24, 2.45) is 0 Å². The van der Waals surface area contributed by atoms with Crippen LogP contribution in [0.2, 0.25) is 0 Å². The molecule has 0 unspecified atom stereocenters. The van der Waals surface area contributed by atoms with E-state index in [0.29, 0.717) is 13.0 Å². The lowest BCUT2D eigenvalue weighted by Crippen LogP contribution is -2.36. The highest BCUT2D eigenvalue weighted by molar-refractivity contribution is 5.91. The number of nitrogens with one attached hydrogen (secondary N) is 3. The van der Waals surface area contributed by atoms with Crippen molar-refractivity contribution >= 4 is 22.7 Å². The summed E-state index contributed by atoms with van der Waals surface area (Å²) in [6.07, 6.45) is 0.706. The molecule has 0 saturated carbocycles. The summed E-state index contributed by atoms with van der Waals surface area (Å²) in [6.45, 7) is 0.281. The molecule has 2 amide bonds. The van der Waals surface area contributed by atoms with E-state index >= 15 is 0 Å². The largest absolute Gasteiger partial charge is 0.497 e. The Morgan fingerprint density at radius 3 is 2.38 bits per heavy atom. The molecule has 1 aromatic heterocycles. The van der Waals surface area contributed by atoms with Gasteiger partial charge in [0.2, 0.25) is 11.8 Å². The molecule has 0 fully saturated rings. The average Bonchev–Trinajstić information content (AvgIpc) is 3.24. The normalized spacial score (nSPS) is 10.8. The molecule has 0 bridgehead atoms. The zero-order valence-electron chi connectivity index (χ0n) is 18.9. The molecule has 0 spiro atoms. The lowest BCUT2D eigenvalue weighted by atomic mass is 10.0.